The Bertz CT molecular complexity index is 748. The zero-order valence-electron chi connectivity index (χ0n) is 13.6. The van der Waals surface area contributed by atoms with Gasteiger partial charge in [-0.15, -0.1) is 0 Å². The quantitative estimate of drug-likeness (QED) is 0.649. The molecule has 0 bridgehead atoms. The first-order chi connectivity index (χ1) is 11.4. The van der Waals surface area contributed by atoms with Gasteiger partial charge in [0.05, 0.1) is 24.3 Å². The summed E-state index contributed by atoms with van der Waals surface area (Å²) in [5, 5.41) is 0. The molecular weight excluding hydrogens is 420 g/mol. The molecule has 24 heavy (non-hydrogen) atoms. The Hall–Kier alpha value is -1.47. The molecular formula is C19H19FINO2. The zero-order valence-corrected chi connectivity index (χ0v) is 15.8. The van der Waals surface area contributed by atoms with Crippen molar-refractivity contribution in [2.75, 3.05) is 13.2 Å². The minimum atomic E-state index is -0.417. The van der Waals surface area contributed by atoms with Crippen LogP contribution in [-0.2, 0) is 4.74 Å². The maximum Gasteiger partial charge on any atom is 0.255 e. The summed E-state index contributed by atoms with van der Waals surface area (Å²) in [6.07, 6.45) is -0.152. The number of morpholine rings is 1. The van der Waals surface area contributed by atoms with Crippen molar-refractivity contribution in [2.24, 2.45) is 0 Å². The van der Waals surface area contributed by atoms with E-state index in [0.717, 1.165) is 5.56 Å². The van der Waals surface area contributed by atoms with Crippen molar-refractivity contribution in [3.63, 3.8) is 0 Å². The van der Waals surface area contributed by atoms with Gasteiger partial charge in [0.1, 0.15) is 11.9 Å². The molecule has 5 heteroatoms. The lowest BCUT2D eigenvalue weighted by Crippen LogP contribution is -2.56. The summed E-state index contributed by atoms with van der Waals surface area (Å²) in [5.41, 5.74) is 1.17. The van der Waals surface area contributed by atoms with Gasteiger partial charge in [0.15, 0.2) is 0 Å². The van der Waals surface area contributed by atoms with Gasteiger partial charge in [0.2, 0.25) is 0 Å². The van der Waals surface area contributed by atoms with E-state index in [0.29, 0.717) is 22.3 Å². The average Bonchev–Trinajstić information content (AvgIpc) is 2.55. The molecule has 2 aromatic carbocycles. The standard InChI is InChI=1S/C19H19FINO2/c1-19(2)12-24-17(13-6-4-3-5-7-13)11-22(19)18(23)15-9-8-14(20)10-16(15)21/h3-10,17H,11-12H2,1-2H3. The van der Waals surface area contributed by atoms with Gasteiger partial charge in [-0.3, -0.25) is 4.79 Å². The average molecular weight is 439 g/mol. The molecule has 0 aliphatic carbocycles. The van der Waals surface area contributed by atoms with Crippen molar-refractivity contribution in [3.05, 3.63) is 69.0 Å². The van der Waals surface area contributed by atoms with Crippen LogP contribution in [0.15, 0.2) is 48.5 Å². The summed E-state index contributed by atoms with van der Waals surface area (Å²) in [5.74, 6) is -0.423. The van der Waals surface area contributed by atoms with Gasteiger partial charge in [-0.2, -0.15) is 0 Å². The van der Waals surface area contributed by atoms with Crippen LogP contribution in [0.5, 0.6) is 0 Å². The molecule has 1 fully saturated rings. The number of carbonyl (C=O) groups is 1. The second-order valence-electron chi connectivity index (χ2n) is 6.56. The first kappa shape index (κ1) is 17.4. The summed E-state index contributed by atoms with van der Waals surface area (Å²) in [7, 11) is 0. The lowest BCUT2D eigenvalue weighted by molar-refractivity contribution is -0.0847. The molecule has 0 aromatic heterocycles. The Morgan fingerprint density at radius 2 is 1.96 bits per heavy atom. The van der Waals surface area contributed by atoms with E-state index in [4.69, 9.17) is 4.74 Å². The van der Waals surface area contributed by atoms with E-state index in [-0.39, 0.29) is 17.8 Å². The normalized spacial score (nSPS) is 20.0. The molecule has 0 radical (unpaired) electrons. The monoisotopic (exact) mass is 439 g/mol. The van der Waals surface area contributed by atoms with Gasteiger partial charge < -0.3 is 9.64 Å². The fourth-order valence-corrected chi connectivity index (χ4v) is 3.59. The third-order valence-corrected chi connectivity index (χ3v) is 5.19. The van der Waals surface area contributed by atoms with Gasteiger partial charge in [-0.1, -0.05) is 30.3 Å². The number of nitrogens with zero attached hydrogens (tertiary/aromatic N) is 1. The molecule has 1 aliphatic heterocycles. The summed E-state index contributed by atoms with van der Waals surface area (Å²) in [6, 6.07) is 14.2. The minimum absolute atomic E-state index is 0.0892. The van der Waals surface area contributed by atoms with Crippen LogP contribution in [0.2, 0.25) is 0 Å². The van der Waals surface area contributed by atoms with Crippen LogP contribution in [0.25, 0.3) is 0 Å². The molecule has 0 saturated carbocycles. The minimum Gasteiger partial charge on any atom is -0.369 e. The highest BCUT2D eigenvalue weighted by molar-refractivity contribution is 14.1. The number of hydrogen-bond donors (Lipinski definition) is 0. The van der Waals surface area contributed by atoms with Crippen molar-refractivity contribution in [3.8, 4) is 0 Å². The molecule has 0 N–H and O–H groups in total. The molecule has 2 aromatic rings. The molecule has 3 nitrogen and oxygen atoms in total. The Labute approximate surface area is 154 Å². The number of ether oxygens (including phenoxy) is 1. The molecule has 1 saturated heterocycles. The van der Waals surface area contributed by atoms with Crippen molar-refractivity contribution in [1.29, 1.82) is 0 Å². The number of hydrogen-bond acceptors (Lipinski definition) is 2. The topological polar surface area (TPSA) is 29.5 Å². The molecule has 3 rings (SSSR count). The second kappa shape index (κ2) is 6.80. The number of halogens is 2. The largest absolute Gasteiger partial charge is 0.369 e. The van der Waals surface area contributed by atoms with Gasteiger partial charge in [-0.05, 0) is 60.2 Å². The Balaban J connectivity index is 1.89. The van der Waals surface area contributed by atoms with Crippen LogP contribution in [-0.4, -0.2) is 29.5 Å². The molecule has 126 valence electrons. The van der Waals surface area contributed by atoms with Gasteiger partial charge in [0, 0.05) is 3.57 Å². The summed E-state index contributed by atoms with van der Waals surface area (Å²) in [4.78, 5) is 14.9. The van der Waals surface area contributed by atoms with Crippen LogP contribution in [0, 0.1) is 9.39 Å². The predicted octanol–water partition coefficient (Wildman–Crippen LogP) is 4.42. The highest BCUT2D eigenvalue weighted by atomic mass is 127. The van der Waals surface area contributed by atoms with Crippen LogP contribution in [0.1, 0.15) is 35.9 Å². The van der Waals surface area contributed by atoms with Crippen molar-refractivity contribution in [2.45, 2.75) is 25.5 Å². The van der Waals surface area contributed by atoms with E-state index >= 15 is 0 Å². The Morgan fingerprint density at radius 1 is 1.25 bits per heavy atom. The molecule has 1 atom stereocenters. The van der Waals surface area contributed by atoms with Crippen LogP contribution in [0.4, 0.5) is 4.39 Å². The molecule has 0 spiro atoms. The van der Waals surface area contributed by atoms with E-state index in [1.54, 1.807) is 6.07 Å². The summed E-state index contributed by atoms with van der Waals surface area (Å²) >= 11 is 2.01. The van der Waals surface area contributed by atoms with Gasteiger partial charge >= 0.3 is 0 Å². The second-order valence-corrected chi connectivity index (χ2v) is 7.72. The lowest BCUT2D eigenvalue weighted by Gasteiger charge is -2.45. The Morgan fingerprint density at radius 3 is 2.62 bits per heavy atom. The lowest BCUT2D eigenvalue weighted by atomic mass is 9.97. The van der Waals surface area contributed by atoms with Crippen molar-refractivity contribution in [1.82, 2.24) is 4.90 Å². The molecule has 1 unspecified atom stereocenters. The SMILES string of the molecule is CC1(C)COC(c2ccccc2)CN1C(=O)c1ccc(F)cc1I. The third-order valence-electron chi connectivity index (χ3n) is 4.29. The van der Waals surface area contributed by atoms with E-state index in [1.807, 2.05) is 71.7 Å². The number of amides is 1. The van der Waals surface area contributed by atoms with Crippen LogP contribution >= 0.6 is 22.6 Å². The predicted molar refractivity (Wildman–Crippen MR) is 99.4 cm³/mol. The maximum atomic E-state index is 13.3. The highest BCUT2D eigenvalue weighted by Crippen LogP contribution is 2.32. The molecule has 1 aliphatic rings. The first-order valence-electron chi connectivity index (χ1n) is 7.82. The maximum absolute atomic E-state index is 13.3. The molecule has 1 amide bonds. The Kier molecular flexibility index (Phi) is 4.92. The number of benzene rings is 2. The van der Waals surface area contributed by atoms with Crippen LogP contribution in [0.3, 0.4) is 0 Å². The third kappa shape index (κ3) is 3.47. The van der Waals surface area contributed by atoms with E-state index in [2.05, 4.69) is 0 Å². The van der Waals surface area contributed by atoms with E-state index < -0.39 is 5.54 Å². The fraction of sp³-hybridized carbons (Fsp3) is 0.316. The fourth-order valence-electron chi connectivity index (χ4n) is 2.88. The van der Waals surface area contributed by atoms with Gasteiger partial charge in [0.25, 0.3) is 5.91 Å². The first-order valence-corrected chi connectivity index (χ1v) is 8.90. The van der Waals surface area contributed by atoms with Crippen molar-refractivity contribution >= 4 is 28.5 Å². The van der Waals surface area contributed by atoms with Crippen LogP contribution < -0.4 is 0 Å². The smallest absolute Gasteiger partial charge is 0.255 e. The molecule has 1 heterocycles. The zero-order chi connectivity index (χ0) is 17.3. The summed E-state index contributed by atoms with van der Waals surface area (Å²) in [6.45, 7) is 4.91. The van der Waals surface area contributed by atoms with E-state index in [1.165, 1.54) is 12.1 Å². The summed E-state index contributed by atoms with van der Waals surface area (Å²) < 4.78 is 19.9. The van der Waals surface area contributed by atoms with Crippen molar-refractivity contribution < 1.29 is 13.9 Å². The number of carbonyl (C=O) groups excluding carboxylic acids is 1. The highest BCUT2D eigenvalue weighted by Gasteiger charge is 2.39. The van der Waals surface area contributed by atoms with Gasteiger partial charge in [-0.25, -0.2) is 4.39 Å². The number of rotatable bonds is 2. The van der Waals surface area contributed by atoms with E-state index in [9.17, 15) is 9.18 Å².